The maximum absolute atomic E-state index is 12.3. The smallest absolute Gasteiger partial charge is 0.275 e. The Morgan fingerprint density at radius 1 is 1.00 bits per heavy atom. The van der Waals surface area contributed by atoms with E-state index in [0.717, 1.165) is 12.1 Å². The van der Waals surface area contributed by atoms with Gasteiger partial charge in [0.15, 0.2) is 0 Å². The minimum absolute atomic E-state index is 0.271. The third-order valence-electron chi connectivity index (χ3n) is 4.06. The number of anilines is 2. The molecule has 0 saturated heterocycles. The molecule has 0 spiro atoms. The minimum Gasteiger partial charge on any atom is -0.365 e. The normalized spacial score (nSPS) is 10.4. The molecule has 0 unspecified atom stereocenters. The van der Waals surface area contributed by atoms with E-state index >= 15 is 0 Å². The van der Waals surface area contributed by atoms with Gasteiger partial charge in [0.1, 0.15) is 11.5 Å². The molecule has 5 nitrogen and oxygen atoms in total. The Labute approximate surface area is 153 Å². The first-order chi connectivity index (χ1) is 12.6. The summed E-state index contributed by atoms with van der Waals surface area (Å²) in [5, 5.41) is 6.04. The first-order valence-corrected chi connectivity index (χ1v) is 8.66. The minimum atomic E-state index is -0.271. The second-order valence-corrected chi connectivity index (χ2v) is 6.13. The lowest BCUT2D eigenvalue weighted by molar-refractivity contribution is 0.102. The number of hydrogen-bond acceptors (Lipinski definition) is 4. The van der Waals surface area contributed by atoms with Crippen LogP contribution >= 0.6 is 0 Å². The Hall–Kier alpha value is -3.21. The molecule has 0 aliphatic heterocycles. The lowest BCUT2D eigenvalue weighted by Gasteiger charge is -2.08. The second-order valence-electron chi connectivity index (χ2n) is 6.13. The zero-order valence-electron chi connectivity index (χ0n) is 15.0. The van der Waals surface area contributed by atoms with Gasteiger partial charge >= 0.3 is 0 Å². The van der Waals surface area contributed by atoms with E-state index in [9.17, 15) is 4.79 Å². The lowest BCUT2D eigenvalue weighted by atomic mass is 10.1. The van der Waals surface area contributed by atoms with Crippen molar-refractivity contribution >= 4 is 17.4 Å². The van der Waals surface area contributed by atoms with Gasteiger partial charge in [-0.05, 0) is 36.6 Å². The zero-order chi connectivity index (χ0) is 18.4. The van der Waals surface area contributed by atoms with Gasteiger partial charge < -0.3 is 10.6 Å². The number of hydrogen-bond donors (Lipinski definition) is 2. The molecule has 0 aliphatic carbocycles. The highest BCUT2D eigenvalue weighted by molar-refractivity contribution is 6.02. The fourth-order valence-corrected chi connectivity index (χ4v) is 2.57. The first kappa shape index (κ1) is 17.6. The van der Waals surface area contributed by atoms with E-state index in [1.165, 1.54) is 22.9 Å². The highest BCUT2D eigenvalue weighted by Crippen LogP contribution is 2.12. The van der Waals surface area contributed by atoms with Crippen LogP contribution in [-0.2, 0) is 13.0 Å². The molecule has 26 heavy (non-hydrogen) atoms. The van der Waals surface area contributed by atoms with Gasteiger partial charge in [-0.3, -0.25) is 4.79 Å². The molecule has 0 saturated carbocycles. The predicted molar refractivity (Wildman–Crippen MR) is 104 cm³/mol. The quantitative estimate of drug-likeness (QED) is 0.701. The average Bonchev–Trinajstić information content (AvgIpc) is 2.67. The molecule has 0 fully saturated rings. The van der Waals surface area contributed by atoms with E-state index in [4.69, 9.17) is 0 Å². The molecular weight excluding hydrogens is 324 g/mol. The van der Waals surface area contributed by atoms with Gasteiger partial charge in [0.05, 0.1) is 12.4 Å². The van der Waals surface area contributed by atoms with Crippen LogP contribution in [0.1, 0.15) is 34.1 Å². The molecule has 0 bridgehead atoms. The van der Waals surface area contributed by atoms with Crippen molar-refractivity contribution in [2.75, 3.05) is 10.6 Å². The molecule has 3 rings (SSSR count). The Kier molecular flexibility index (Phi) is 5.59. The number of carbonyl (C=O) groups is 1. The van der Waals surface area contributed by atoms with Crippen molar-refractivity contribution in [3.63, 3.8) is 0 Å². The van der Waals surface area contributed by atoms with E-state index in [1.807, 2.05) is 30.3 Å². The van der Waals surface area contributed by atoms with E-state index < -0.39 is 0 Å². The van der Waals surface area contributed by atoms with Crippen molar-refractivity contribution in [1.82, 2.24) is 9.97 Å². The molecule has 0 atom stereocenters. The molecule has 1 heterocycles. The summed E-state index contributed by atoms with van der Waals surface area (Å²) in [5.74, 6) is 0.363. The SMILES string of the molecule is CCc1ccc(NC(=O)c2cnc(NCc3cccc(C)c3)cn2)cc1. The van der Waals surface area contributed by atoms with E-state index in [2.05, 4.69) is 52.6 Å². The molecule has 132 valence electrons. The van der Waals surface area contributed by atoms with Gasteiger partial charge in [-0.25, -0.2) is 9.97 Å². The van der Waals surface area contributed by atoms with Crippen molar-refractivity contribution in [3.05, 3.63) is 83.3 Å². The van der Waals surface area contributed by atoms with Gasteiger partial charge in [0.25, 0.3) is 5.91 Å². The Morgan fingerprint density at radius 3 is 2.46 bits per heavy atom. The van der Waals surface area contributed by atoms with Crippen LogP contribution in [0.25, 0.3) is 0 Å². The average molecular weight is 346 g/mol. The van der Waals surface area contributed by atoms with Gasteiger partial charge in [0.2, 0.25) is 0 Å². The van der Waals surface area contributed by atoms with Crippen molar-refractivity contribution < 1.29 is 4.79 Å². The van der Waals surface area contributed by atoms with Crippen LogP contribution in [0.2, 0.25) is 0 Å². The fraction of sp³-hybridized carbons (Fsp3) is 0.190. The number of amides is 1. The Balaban J connectivity index is 1.58. The van der Waals surface area contributed by atoms with Gasteiger partial charge in [-0.1, -0.05) is 48.9 Å². The Morgan fingerprint density at radius 2 is 1.81 bits per heavy atom. The summed E-state index contributed by atoms with van der Waals surface area (Å²) in [5.41, 5.74) is 4.65. The largest absolute Gasteiger partial charge is 0.365 e. The number of nitrogens with one attached hydrogen (secondary N) is 2. The lowest BCUT2D eigenvalue weighted by Crippen LogP contribution is -2.14. The highest BCUT2D eigenvalue weighted by atomic mass is 16.1. The Bertz CT molecular complexity index is 873. The van der Waals surface area contributed by atoms with Crippen LogP contribution in [0, 0.1) is 6.92 Å². The fourth-order valence-electron chi connectivity index (χ4n) is 2.57. The summed E-state index contributed by atoms with van der Waals surface area (Å²) < 4.78 is 0. The maximum atomic E-state index is 12.3. The third kappa shape index (κ3) is 4.66. The molecular formula is C21H22N4O. The number of nitrogens with zero attached hydrogens (tertiary/aromatic N) is 2. The van der Waals surface area contributed by atoms with Crippen LogP contribution in [-0.4, -0.2) is 15.9 Å². The molecule has 3 aromatic rings. The summed E-state index contributed by atoms with van der Waals surface area (Å²) in [7, 11) is 0. The topological polar surface area (TPSA) is 66.9 Å². The van der Waals surface area contributed by atoms with Crippen molar-refractivity contribution in [2.24, 2.45) is 0 Å². The molecule has 2 N–H and O–H groups in total. The molecule has 2 aromatic carbocycles. The van der Waals surface area contributed by atoms with Crippen molar-refractivity contribution in [3.8, 4) is 0 Å². The number of rotatable bonds is 6. The molecule has 0 aliphatic rings. The van der Waals surface area contributed by atoms with E-state index in [-0.39, 0.29) is 11.6 Å². The monoisotopic (exact) mass is 346 g/mol. The maximum Gasteiger partial charge on any atom is 0.275 e. The van der Waals surface area contributed by atoms with Gasteiger partial charge in [0, 0.05) is 12.2 Å². The van der Waals surface area contributed by atoms with Crippen LogP contribution < -0.4 is 10.6 Å². The van der Waals surface area contributed by atoms with Crippen LogP contribution in [0.3, 0.4) is 0 Å². The van der Waals surface area contributed by atoms with E-state index in [0.29, 0.717) is 12.4 Å². The number of aryl methyl sites for hydroxylation is 2. The van der Waals surface area contributed by atoms with Crippen LogP contribution in [0.15, 0.2) is 60.9 Å². The molecule has 1 aromatic heterocycles. The van der Waals surface area contributed by atoms with Crippen molar-refractivity contribution in [1.29, 1.82) is 0 Å². The summed E-state index contributed by atoms with van der Waals surface area (Å²) in [6.07, 6.45) is 4.02. The summed E-state index contributed by atoms with van der Waals surface area (Å²) in [6.45, 7) is 4.82. The molecule has 1 amide bonds. The number of aromatic nitrogens is 2. The predicted octanol–water partition coefficient (Wildman–Crippen LogP) is 4.21. The standard InChI is InChI=1S/C21H22N4O/c1-3-16-7-9-18(10-8-16)25-21(26)19-13-24-20(14-22-19)23-12-17-6-4-5-15(2)11-17/h4-11,13-14H,3,12H2,1-2H3,(H,23,24)(H,25,26). The molecule has 5 heteroatoms. The zero-order valence-corrected chi connectivity index (χ0v) is 15.0. The van der Waals surface area contributed by atoms with Crippen LogP contribution in [0.4, 0.5) is 11.5 Å². The summed E-state index contributed by atoms with van der Waals surface area (Å²) in [4.78, 5) is 20.7. The second kappa shape index (κ2) is 8.25. The first-order valence-electron chi connectivity index (χ1n) is 8.66. The summed E-state index contributed by atoms with van der Waals surface area (Å²) >= 11 is 0. The van der Waals surface area contributed by atoms with E-state index in [1.54, 1.807) is 6.20 Å². The number of carbonyl (C=O) groups excluding carboxylic acids is 1. The van der Waals surface area contributed by atoms with Crippen LogP contribution in [0.5, 0.6) is 0 Å². The summed E-state index contributed by atoms with van der Waals surface area (Å²) in [6, 6.07) is 16.0. The van der Waals surface area contributed by atoms with Crippen molar-refractivity contribution in [2.45, 2.75) is 26.8 Å². The van der Waals surface area contributed by atoms with Gasteiger partial charge in [-0.15, -0.1) is 0 Å². The molecule has 0 radical (unpaired) electrons. The van der Waals surface area contributed by atoms with Gasteiger partial charge in [-0.2, -0.15) is 0 Å². The number of benzene rings is 2. The highest BCUT2D eigenvalue weighted by Gasteiger charge is 2.08. The third-order valence-corrected chi connectivity index (χ3v) is 4.06.